The van der Waals surface area contributed by atoms with Crippen molar-refractivity contribution in [3.8, 4) is 0 Å². The lowest BCUT2D eigenvalue weighted by molar-refractivity contribution is -0.142. The number of nitrogens with one attached hydrogen (secondary N) is 1. The van der Waals surface area contributed by atoms with Gasteiger partial charge in [-0.2, -0.15) is 0 Å². The summed E-state index contributed by atoms with van der Waals surface area (Å²) in [6, 6.07) is 0. The van der Waals surface area contributed by atoms with E-state index >= 15 is 0 Å². The number of carboxylic acids is 1. The van der Waals surface area contributed by atoms with Gasteiger partial charge in [-0.15, -0.1) is 5.10 Å². The molecule has 100 valence electrons. The molecule has 1 aromatic rings. The molecule has 0 bridgehead atoms. The van der Waals surface area contributed by atoms with Crippen LogP contribution in [-0.2, 0) is 4.79 Å². The average molecular weight is 269 g/mol. The molecule has 1 aliphatic carbocycles. The number of aryl methyl sites for hydroxylation is 1. The molecule has 6 heteroatoms. The van der Waals surface area contributed by atoms with Gasteiger partial charge in [-0.25, -0.2) is 4.98 Å². The lowest BCUT2D eigenvalue weighted by atomic mass is 9.80. The Morgan fingerprint density at radius 1 is 1.56 bits per heavy atom. The van der Waals surface area contributed by atoms with Gasteiger partial charge in [-0.1, -0.05) is 25.1 Å². The van der Waals surface area contributed by atoms with Gasteiger partial charge in [-0.3, -0.25) is 9.89 Å². The van der Waals surface area contributed by atoms with Crippen LogP contribution >= 0.6 is 11.8 Å². The lowest BCUT2D eigenvalue weighted by Crippen LogP contribution is -2.32. The van der Waals surface area contributed by atoms with Gasteiger partial charge >= 0.3 is 5.97 Å². The standard InChI is InChI=1S/C12H19N3O2S/c1-3-8-4-5-9(11(16)17)10(6-8)18-12-13-7(2)14-15-12/h8-10H,3-6H2,1-2H3,(H,16,17)(H,13,14,15). The van der Waals surface area contributed by atoms with Crippen LogP contribution in [0.3, 0.4) is 0 Å². The first-order valence-electron chi connectivity index (χ1n) is 6.38. The molecule has 1 fully saturated rings. The van der Waals surface area contributed by atoms with Crippen molar-refractivity contribution < 1.29 is 9.90 Å². The van der Waals surface area contributed by atoms with E-state index in [1.165, 1.54) is 11.8 Å². The van der Waals surface area contributed by atoms with Crippen molar-refractivity contribution in [2.45, 2.75) is 49.9 Å². The van der Waals surface area contributed by atoms with Crippen molar-refractivity contribution in [1.82, 2.24) is 15.2 Å². The van der Waals surface area contributed by atoms with Crippen LogP contribution in [0.1, 0.15) is 38.4 Å². The van der Waals surface area contributed by atoms with Gasteiger partial charge in [0.25, 0.3) is 0 Å². The zero-order valence-electron chi connectivity index (χ0n) is 10.7. The summed E-state index contributed by atoms with van der Waals surface area (Å²) in [4.78, 5) is 15.5. The van der Waals surface area contributed by atoms with Crippen molar-refractivity contribution in [2.24, 2.45) is 11.8 Å². The minimum Gasteiger partial charge on any atom is -0.481 e. The maximum absolute atomic E-state index is 11.3. The second-order valence-corrected chi connectivity index (χ2v) is 6.10. The molecule has 2 rings (SSSR count). The van der Waals surface area contributed by atoms with Crippen LogP contribution in [0, 0.1) is 18.8 Å². The largest absolute Gasteiger partial charge is 0.481 e. The minimum atomic E-state index is -0.686. The first-order valence-corrected chi connectivity index (χ1v) is 7.26. The fourth-order valence-corrected chi connectivity index (χ4v) is 3.85. The first kappa shape index (κ1) is 13.4. The molecule has 1 heterocycles. The van der Waals surface area contributed by atoms with E-state index in [1.807, 2.05) is 6.92 Å². The average Bonchev–Trinajstić information content (AvgIpc) is 2.74. The zero-order chi connectivity index (χ0) is 13.1. The Balaban J connectivity index is 2.07. The summed E-state index contributed by atoms with van der Waals surface area (Å²) < 4.78 is 0. The number of H-pyrrole nitrogens is 1. The molecular formula is C12H19N3O2S. The Morgan fingerprint density at radius 3 is 2.89 bits per heavy atom. The number of hydrogen-bond acceptors (Lipinski definition) is 4. The summed E-state index contributed by atoms with van der Waals surface area (Å²) in [6.07, 6.45) is 3.87. The molecule has 0 aromatic carbocycles. The number of thioether (sulfide) groups is 1. The number of rotatable bonds is 4. The third kappa shape index (κ3) is 3.04. The highest BCUT2D eigenvalue weighted by atomic mass is 32.2. The third-order valence-corrected chi connectivity index (χ3v) is 4.85. The summed E-state index contributed by atoms with van der Waals surface area (Å²) >= 11 is 1.51. The molecule has 5 nitrogen and oxygen atoms in total. The number of nitrogens with zero attached hydrogens (tertiary/aromatic N) is 2. The number of aliphatic carboxylic acids is 1. The number of aromatic amines is 1. The summed E-state index contributed by atoms with van der Waals surface area (Å²) in [5.74, 6) is 0.455. The Kier molecular flexibility index (Phi) is 4.27. The van der Waals surface area contributed by atoms with Gasteiger partial charge < -0.3 is 5.11 Å². The summed E-state index contributed by atoms with van der Waals surface area (Å²) in [7, 11) is 0. The quantitative estimate of drug-likeness (QED) is 0.878. The fraction of sp³-hybridized carbons (Fsp3) is 0.750. The van der Waals surface area contributed by atoms with Gasteiger partial charge in [0.1, 0.15) is 5.82 Å². The predicted octanol–water partition coefficient (Wildman–Crippen LogP) is 2.48. The number of carboxylic acid groups (broad SMARTS) is 1. The number of hydrogen-bond donors (Lipinski definition) is 2. The Labute approximate surface area is 111 Å². The maximum Gasteiger partial charge on any atom is 0.307 e. The van der Waals surface area contributed by atoms with Crippen LogP contribution in [0.2, 0.25) is 0 Å². The maximum atomic E-state index is 11.3. The van der Waals surface area contributed by atoms with Gasteiger partial charge in [0.15, 0.2) is 0 Å². The molecule has 1 aromatic heterocycles. The van der Waals surface area contributed by atoms with Gasteiger partial charge in [0, 0.05) is 5.25 Å². The molecular weight excluding hydrogens is 250 g/mol. The molecule has 18 heavy (non-hydrogen) atoms. The number of carbonyl (C=O) groups is 1. The Morgan fingerprint density at radius 2 is 2.33 bits per heavy atom. The van der Waals surface area contributed by atoms with Crippen molar-refractivity contribution >= 4 is 17.7 Å². The Hall–Kier alpha value is -1.04. The lowest BCUT2D eigenvalue weighted by Gasteiger charge is -2.32. The fourth-order valence-electron chi connectivity index (χ4n) is 2.51. The molecule has 0 spiro atoms. The molecule has 1 aliphatic rings. The highest BCUT2D eigenvalue weighted by molar-refractivity contribution is 7.99. The Bertz CT molecular complexity index is 421. The van der Waals surface area contributed by atoms with E-state index in [1.54, 1.807) is 0 Å². The van der Waals surface area contributed by atoms with Gasteiger partial charge in [0.2, 0.25) is 5.16 Å². The second kappa shape index (κ2) is 5.73. The van der Waals surface area contributed by atoms with Crippen molar-refractivity contribution in [3.05, 3.63) is 5.82 Å². The molecule has 0 aliphatic heterocycles. The molecule has 3 unspecified atom stereocenters. The predicted molar refractivity (Wildman–Crippen MR) is 69.5 cm³/mol. The van der Waals surface area contributed by atoms with E-state index in [0.717, 1.165) is 31.5 Å². The van der Waals surface area contributed by atoms with E-state index < -0.39 is 5.97 Å². The van der Waals surface area contributed by atoms with E-state index in [4.69, 9.17) is 0 Å². The molecule has 0 radical (unpaired) electrons. The van der Waals surface area contributed by atoms with Crippen molar-refractivity contribution in [2.75, 3.05) is 0 Å². The normalized spacial score (nSPS) is 28.2. The van der Waals surface area contributed by atoms with Crippen LogP contribution in [0.25, 0.3) is 0 Å². The first-order chi connectivity index (χ1) is 8.60. The van der Waals surface area contributed by atoms with Gasteiger partial charge in [0.05, 0.1) is 5.92 Å². The topological polar surface area (TPSA) is 78.9 Å². The van der Waals surface area contributed by atoms with Gasteiger partial charge in [-0.05, 0) is 32.1 Å². The summed E-state index contributed by atoms with van der Waals surface area (Å²) in [5.41, 5.74) is 0. The van der Waals surface area contributed by atoms with E-state index in [0.29, 0.717) is 11.1 Å². The van der Waals surface area contributed by atoms with E-state index in [9.17, 15) is 9.90 Å². The van der Waals surface area contributed by atoms with Crippen LogP contribution in [0.5, 0.6) is 0 Å². The smallest absolute Gasteiger partial charge is 0.307 e. The van der Waals surface area contributed by atoms with Crippen LogP contribution in [0.4, 0.5) is 0 Å². The SMILES string of the molecule is CCC1CCC(C(=O)O)C(Sc2n[nH]c(C)n2)C1. The van der Waals surface area contributed by atoms with Crippen LogP contribution in [-0.4, -0.2) is 31.5 Å². The molecule has 1 saturated carbocycles. The minimum absolute atomic E-state index is 0.0939. The zero-order valence-corrected chi connectivity index (χ0v) is 11.5. The molecule has 0 amide bonds. The molecule has 2 N–H and O–H groups in total. The third-order valence-electron chi connectivity index (χ3n) is 3.63. The monoisotopic (exact) mass is 269 g/mol. The van der Waals surface area contributed by atoms with Crippen molar-refractivity contribution in [3.63, 3.8) is 0 Å². The highest BCUT2D eigenvalue weighted by Crippen LogP contribution is 2.40. The second-order valence-electron chi connectivity index (χ2n) is 4.89. The van der Waals surface area contributed by atoms with Crippen molar-refractivity contribution in [1.29, 1.82) is 0 Å². The van der Waals surface area contributed by atoms with E-state index in [2.05, 4.69) is 22.1 Å². The summed E-state index contributed by atoms with van der Waals surface area (Å²) in [5, 5.41) is 16.9. The number of aromatic nitrogens is 3. The highest BCUT2D eigenvalue weighted by Gasteiger charge is 2.35. The van der Waals surface area contributed by atoms with Crippen LogP contribution in [0.15, 0.2) is 5.16 Å². The molecule has 3 atom stereocenters. The van der Waals surface area contributed by atoms with Crippen LogP contribution < -0.4 is 0 Å². The summed E-state index contributed by atoms with van der Waals surface area (Å²) in [6.45, 7) is 4.02. The molecule has 0 saturated heterocycles. The van der Waals surface area contributed by atoms with E-state index in [-0.39, 0.29) is 11.2 Å².